The van der Waals surface area contributed by atoms with Crippen LogP contribution >= 0.6 is 0 Å². The molecule has 4 rings (SSSR count). The predicted octanol–water partition coefficient (Wildman–Crippen LogP) is 4.89. The van der Waals surface area contributed by atoms with Crippen LogP contribution in [0.25, 0.3) is 10.9 Å². The highest BCUT2D eigenvalue weighted by Gasteiger charge is 2.25. The SMILES string of the molecule is COc1cccc(C(=O)N(Cc2ccco2)Cc2cc3ccc(F)cc3nc2N(C)C)c1OC. The maximum atomic E-state index is 13.8. The van der Waals surface area contributed by atoms with Crippen LogP contribution in [0.4, 0.5) is 10.2 Å². The fourth-order valence-electron chi connectivity index (χ4n) is 3.90. The number of benzene rings is 2. The number of aromatic nitrogens is 1. The molecule has 0 aliphatic carbocycles. The fraction of sp³-hybridized carbons (Fsp3) is 0.231. The lowest BCUT2D eigenvalue weighted by atomic mass is 10.1. The molecule has 34 heavy (non-hydrogen) atoms. The molecule has 0 saturated carbocycles. The van der Waals surface area contributed by atoms with Gasteiger partial charge >= 0.3 is 0 Å². The smallest absolute Gasteiger partial charge is 0.258 e. The number of hydrogen-bond acceptors (Lipinski definition) is 6. The summed E-state index contributed by atoms with van der Waals surface area (Å²) in [6.07, 6.45) is 1.57. The first-order valence-corrected chi connectivity index (χ1v) is 10.7. The van der Waals surface area contributed by atoms with Crippen LogP contribution in [0.15, 0.2) is 65.3 Å². The minimum absolute atomic E-state index is 0.237. The van der Waals surface area contributed by atoms with Crippen molar-refractivity contribution in [1.29, 1.82) is 0 Å². The van der Waals surface area contributed by atoms with Gasteiger partial charge in [0.1, 0.15) is 17.4 Å². The lowest BCUT2D eigenvalue weighted by molar-refractivity contribution is 0.0713. The fourth-order valence-corrected chi connectivity index (χ4v) is 3.90. The standard InChI is InChI=1S/C26H26FN3O4/c1-29(2)25-18(13-17-10-11-19(27)14-22(17)28-25)15-30(16-20-7-6-12-34-20)26(31)21-8-5-9-23(32-3)24(21)33-4/h5-14H,15-16H2,1-4H3. The number of ether oxygens (including phenoxy) is 2. The van der Waals surface area contributed by atoms with E-state index in [1.165, 1.54) is 26.4 Å². The van der Waals surface area contributed by atoms with E-state index in [-0.39, 0.29) is 24.8 Å². The average molecular weight is 464 g/mol. The Morgan fingerprint density at radius 1 is 1.03 bits per heavy atom. The van der Waals surface area contributed by atoms with Gasteiger partial charge in [0.15, 0.2) is 11.5 Å². The van der Waals surface area contributed by atoms with E-state index in [2.05, 4.69) is 4.98 Å². The average Bonchev–Trinajstić information content (AvgIpc) is 3.35. The number of carbonyl (C=O) groups excluding carboxylic acids is 1. The van der Waals surface area contributed by atoms with Gasteiger partial charge in [-0.1, -0.05) is 6.07 Å². The molecule has 2 aromatic heterocycles. The monoisotopic (exact) mass is 463 g/mol. The van der Waals surface area contributed by atoms with Crippen molar-refractivity contribution in [1.82, 2.24) is 9.88 Å². The zero-order valence-electron chi connectivity index (χ0n) is 19.5. The molecule has 0 unspecified atom stereocenters. The number of pyridine rings is 1. The van der Waals surface area contributed by atoms with E-state index >= 15 is 0 Å². The number of furan rings is 1. The molecule has 0 spiro atoms. The highest BCUT2D eigenvalue weighted by Crippen LogP contribution is 2.33. The number of fused-ring (bicyclic) bond motifs is 1. The highest BCUT2D eigenvalue weighted by molar-refractivity contribution is 5.98. The summed E-state index contributed by atoms with van der Waals surface area (Å²) in [7, 11) is 6.75. The summed E-state index contributed by atoms with van der Waals surface area (Å²) in [5, 5.41) is 0.784. The third-order valence-corrected chi connectivity index (χ3v) is 5.47. The molecule has 2 heterocycles. The molecule has 0 aliphatic heterocycles. The van der Waals surface area contributed by atoms with Crippen molar-refractivity contribution in [3.63, 3.8) is 0 Å². The van der Waals surface area contributed by atoms with Crippen molar-refractivity contribution in [2.24, 2.45) is 0 Å². The Morgan fingerprint density at radius 2 is 1.85 bits per heavy atom. The molecule has 0 atom stereocenters. The maximum Gasteiger partial charge on any atom is 0.258 e. The Morgan fingerprint density at radius 3 is 2.53 bits per heavy atom. The second-order valence-corrected chi connectivity index (χ2v) is 7.98. The lowest BCUT2D eigenvalue weighted by Gasteiger charge is -2.26. The molecule has 4 aromatic rings. The number of rotatable bonds is 8. The van der Waals surface area contributed by atoms with Crippen LogP contribution in [0, 0.1) is 5.82 Å². The number of amides is 1. The number of methoxy groups -OCH3 is 2. The van der Waals surface area contributed by atoms with Gasteiger partial charge in [0.05, 0.1) is 44.7 Å². The minimum atomic E-state index is -0.350. The van der Waals surface area contributed by atoms with Crippen molar-refractivity contribution >= 4 is 22.6 Å². The second kappa shape index (κ2) is 9.82. The van der Waals surface area contributed by atoms with Gasteiger partial charge in [-0.2, -0.15) is 0 Å². The number of hydrogen-bond donors (Lipinski definition) is 0. The Kier molecular flexibility index (Phi) is 6.67. The molecule has 0 N–H and O–H groups in total. The minimum Gasteiger partial charge on any atom is -0.493 e. The van der Waals surface area contributed by atoms with Gasteiger partial charge in [0, 0.05) is 31.1 Å². The van der Waals surface area contributed by atoms with Crippen molar-refractivity contribution in [3.05, 3.63) is 83.6 Å². The number of nitrogens with zero attached hydrogens (tertiary/aromatic N) is 3. The van der Waals surface area contributed by atoms with E-state index in [1.54, 1.807) is 41.5 Å². The van der Waals surface area contributed by atoms with Gasteiger partial charge in [-0.3, -0.25) is 4.79 Å². The third-order valence-electron chi connectivity index (χ3n) is 5.47. The lowest BCUT2D eigenvalue weighted by Crippen LogP contribution is -2.31. The van der Waals surface area contributed by atoms with Crippen molar-refractivity contribution in [2.75, 3.05) is 33.2 Å². The van der Waals surface area contributed by atoms with Crippen LogP contribution in [0.2, 0.25) is 0 Å². The number of carbonyl (C=O) groups is 1. The van der Waals surface area contributed by atoms with Crippen LogP contribution in [-0.2, 0) is 13.1 Å². The largest absolute Gasteiger partial charge is 0.493 e. The van der Waals surface area contributed by atoms with Crippen LogP contribution in [0.1, 0.15) is 21.7 Å². The maximum absolute atomic E-state index is 13.8. The normalized spacial score (nSPS) is 10.9. The summed E-state index contributed by atoms with van der Waals surface area (Å²) >= 11 is 0. The van der Waals surface area contributed by atoms with E-state index in [4.69, 9.17) is 13.9 Å². The van der Waals surface area contributed by atoms with Crippen LogP contribution in [0.3, 0.4) is 0 Å². The van der Waals surface area contributed by atoms with Gasteiger partial charge < -0.3 is 23.7 Å². The molecule has 0 fully saturated rings. The molecular weight excluding hydrogens is 437 g/mol. The number of anilines is 1. The Bertz CT molecular complexity index is 1310. The van der Waals surface area contributed by atoms with Crippen LogP contribution < -0.4 is 14.4 Å². The molecule has 2 aromatic carbocycles. The van der Waals surface area contributed by atoms with E-state index in [9.17, 15) is 9.18 Å². The summed E-state index contributed by atoms with van der Waals surface area (Å²) < 4.78 is 30.2. The van der Waals surface area contributed by atoms with Crippen LogP contribution in [0.5, 0.6) is 11.5 Å². The number of halogens is 1. The summed E-state index contributed by atoms with van der Waals surface area (Å²) in [5.41, 5.74) is 1.73. The van der Waals surface area contributed by atoms with E-state index in [0.717, 1.165) is 10.9 Å². The van der Waals surface area contributed by atoms with Gasteiger partial charge in [0.25, 0.3) is 5.91 Å². The number of para-hydroxylation sites is 1. The molecule has 7 nitrogen and oxygen atoms in total. The molecule has 176 valence electrons. The molecule has 0 saturated heterocycles. The quantitative estimate of drug-likeness (QED) is 0.371. The predicted molar refractivity (Wildman–Crippen MR) is 128 cm³/mol. The Labute approximate surface area is 197 Å². The Balaban J connectivity index is 1.79. The zero-order valence-corrected chi connectivity index (χ0v) is 19.5. The summed E-state index contributed by atoms with van der Waals surface area (Å²) in [6, 6.07) is 15.2. The van der Waals surface area contributed by atoms with Crippen molar-refractivity contribution in [3.8, 4) is 11.5 Å². The highest BCUT2D eigenvalue weighted by atomic mass is 19.1. The van der Waals surface area contributed by atoms with E-state index < -0.39 is 0 Å². The summed E-state index contributed by atoms with van der Waals surface area (Å²) in [4.78, 5) is 21.9. The van der Waals surface area contributed by atoms with Gasteiger partial charge in [-0.05, 0) is 42.5 Å². The molecule has 0 aliphatic rings. The molecule has 8 heteroatoms. The Hall–Kier alpha value is -4.07. The molecule has 0 radical (unpaired) electrons. The topological polar surface area (TPSA) is 68.0 Å². The summed E-state index contributed by atoms with van der Waals surface area (Å²) in [6.45, 7) is 0.480. The first kappa shape index (κ1) is 23.1. The molecule has 0 bridgehead atoms. The first-order chi connectivity index (χ1) is 16.4. The van der Waals surface area contributed by atoms with Crippen molar-refractivity contribution < 1.29 is 23.1 Å². The first-order valence-electron chi connectivity index (χ1n) is 10.7. The summed E-state index contributed by atoms with van der Waals surface area (Å²) in [5.74, 6) is 1.51. The van der Waals surface area contributed by atoms with E-state index in [0.29, 0.717) is 34.2 Å². The second-order valence-electron chi connectivity index (χ2n) is 7.98. The van der Waals surface area contributed by atoms with E-state index in [1.807, 2.05) is 31.1 Å². The molecular formula is C26H26FN3O4. The molecule has 1 amide bonds. The van der Waals surface area contributed by atoms with Gasteiger partial charge in [-0.25, -0.2) is 9.37 Å². The van der Waals surface area contributed by atoms with Gasteiger partial charge in [0.2, 0.25) is 0 Å². The van der Waals surface area contributed by atoms with Crippen molar-refractivity contribution in [2.45, 2.75) is 13.1 Å². The zero-order chi connectivity index (χ0) is 24.2. The van der Waals surface area contributed by atoms with Gasteiger partial charge in [-0.15, -0.1) is 0 Å². The third kappa shape index (κ3) is 4.66. The van der Waals surface area contributed by atoms with Crippen LogP contribution in [-0.4, -0.2) is 44.1 Å².